The van der Waals surface area contributed by atoms with Crippen molar-refractivity contribution in [2.24, 2.45) is 0 Å². The van der Waals surface area contributed by atoms with Crippen molar-refractivity contribution in [1.82, 2.24) is 4.90 Å². The Labute approximate surface area is 54.3 Å². The van der Waals surface area contributed by atoms with E-state index in [1.54, 1.807) is 0 Å². The van der Waals surface area contributed by atoms with E-state index < -0.39 is 6.23 Å². The minimum atomic E-state index is -0.512. The number of amides is 1. The van der Waals surface area contributed by atoms with Gasteiger partial charge in [0.25, 0.3) is 0 Å². The molecular formula is C6H11NO2. The van der Waals surface area contributed by atoms with Crippen LogP contribution in [0, 0.1) is 0 Å². The molecule has 1 rings (SSSR count). The van der Waals surface area contributed by atoms with Crippen molar-refractivity contribution in [3.05, 3.63) is 0 Å². The van der Waals surface area contributed by atoms with E-state index in [1.807, 2.05) is 6.92 Å². The Balaban J connectivity index is 2.19. The molecular weight excluding hydrogens is 118 g/mol. The first kappa shape index (κ1) is 6.55. The topological polar surface area (TPSA) is 40.3 Å². The maximum atomic E-state index is 10.4. The highest BCUT2D eigenvalue weighted by atomic mass is 16.3. The molecule has 1 fully saturated rings. The molecule has 3 heteroatoms. The second-order valence-electron chi connectivity index (χ2n) is 2.29. The molecule has 1 unspecified atom stereocenters. The molecule has 0 spiro atoms. The zero-order valence-corrected chi connectivity index (χ0v) is 5.50. The molecule has 1 amide bonds. The number of hydrogen-bond donors (Lipinski definition) is 1. The molecule has 0 bridgehead atoms. The van der Waals surface area contributed by atoms with Crippen molar-refractivity contribution in [1.29, 1.82) is 0 Å². The number of carbonyl (C=O) groups is 1. The SMILES string of the molecule is CCCC(O)N1CC1=O. The lowest BCUT2D eigenvalue weighted by molar-refractivity contribution is -0.117. The monoisotopic (exact) mass is 129 g/mol. The van der Waals surface area contributed by atoms with Crippen LogP contribution in [-0.4, -0.2) is 28.7 Å². The number of aliphatic hydroxyl groups excluding tert-OH is 1. The van der Waals surface area contributed by atoms with Gasteiger partial charge in [-0.2, -0.15) is 0 Å². The van der Waals surface area contributed by atoms with Gasteiger partial charge in [0.1, 0.15) is 12.8 Å². The van der Waals surface area contributed by atoms with Gasteiger partial charge in [-0.1, -0.05) is 13.3 Å². The van der Waals surface area contributed by atoms with Gasteiger partial charge in [0.2, 0.25) is 5.91 Å². The Morgan fingerprint density at radius 1 is 1.89 bits per heavy atom. The molecule has 52 valence electrons. The summed E-state index contributed by atoms with van der Waals surface area (Å²) in [4.78, 5) is 11.8. The quantitative estimate of drug-likeness (QED) is 0.542. The lowest BCUT2D eigenvalue weighted by Gasteiger charge is -2.07. The fraction of sp³-hybridized carbons (Fsp3) is 0.833. The highest BCUT2D eigenvalue weighted by molar-refractivity contribution is 5.92. The molecule has 1 saturated heterocycles. The first-order chi connectivity index (χ1) is 4.25. The van der Waals surface area contributed by atoms with E-state index in [9.17, 15) is 4.79 Å². The van der Waals surface area contributed by atoms with E-state index in [2.05, 4.69) is 0 Å². The van der Waals surface area contributed by atoms with Crippen LogP contribution in [0.15, 0.2) is 0 Å². The average molecular weight is 129 g/mol. The minimum Gasteiger partial charge on any atom is -0.374 e. The van der Waals surface area contributed by atoms with Crippen LogP contribution in [0.5, 0.6) is 0 Å². The normalized spacial score (nSPS) is 20.2. The van der Waals surface area contributed by atoms with Gasteiger partial charge in [-0.05, 0) is 6.42 Å². The molecule has 1 N–H and O–H groups in total. The molecule has 1 aliphatic rings. The number of carbonyl (C=O) groups excluding carboxylic acids is 1. The van der Waals surface area contributed by atoms with Gasteiger partial charge in [0, 0.05) is 0 Å². The third kappa shape index (κ3) is 1.42. The van der Waals surface area contributed by atoms with Crippen LogP contribution in [-0.2, 0) is 4.79 Å². The zero-order chi connectivity index (χ0) is 6.85. The van der Waals surface area contributed by atoms with Gasteiger partial charge < -0.3 is 10.0 Å². The predicted molar refractivity (Wildman–Crippen MR) is 32.6 cm³/mol. The Bertz CT molecular complexity index is 124. The van der Waals surface area contributed by atoms with Crippen molar-refractivity contribution < 1.29 is 9.90 Å². The molecule has 3 nitrogen and oxygen atoms in total. The van der Waals surface area contributed by atoms with Crippen LogP contribution in [0.1, 0.15) is 19.8 Å². The van der Waals surface area contributed by atoms with Crippen LogP contribution < -0.4 is 0 Å². The summed E-state index contributed by atoms with van der Waals surface area (Å²) in [7, 11) is 0. The maximum Gasteiger partial charge on any atom is 0.244 e. The van der Waals surface area contributed by atoms with Crippen LogP contribution in [0.4, 0.5) is 0 Å². The highest BCUT2D eigenvalue weighted by Gasteiger charge is 2.34. The summed E-state index contributed by atoms with van der Waals surface area (Å²) in [5, 5.41) is 9.06. The summed E-state index contributed by atoms with van der Waals surface area (Å²) >= 11 is 0. The summed E-state index contributed by atoms with van der Waals surface area (Å²) in [5.41, 5.74) is 0. The minimum absolute atomic E-state index is 0.0657. The van der Waals surface area contributed by atoms with Crippen LogP contribution in [0.25, 0.3) is 0 Å². The third-order valence-corrected chi connectivity index (χ3v) is 1.43. The van der Waals surface area contributed by atoms with Gasteiger partial charge in [0.15, 0.2) is 0 Å². The largest absolute Gasteiger partial charge is 0.374 e. The first-order valence-electron chi connectivity index (χ1n) is 3.23. The number of nitrogens with zero attached hydrogens (tertiary/aromatic N) is 1. The lowest BCUT2D eigenvalue weighted by Crippen LogP contribution is -2.17. The molecule has 0 saturated carbocycles. The van der Waals surface area contributed by atoms with Crippen LogP contribution in [0.3, 0.4) is 0 Å². The van der Waals surface area contributed by atoms with E-state index in [0.29, 0.717) is 13.0 Å². The van der Waals surface area contributed by atoms with Crippen molar-refractivity contribution >= 4 is 5.91 Å². The Hall–Kier alpha value is -0.570. The van der Waals surface area contributed by atoms with E-state index in [4.69, 9.17) is 5.11 Å². The van der Waals surface area contributed by atoms with Gasteiger partial charge in [-0.15, -0.1) is 0 Å². The van der Waals surface area contributed by atoms with Gasteiger partial charge in [-0.25, -0.2) is 0 Å². The molecule has 0 aromatic carbocycles. The second kappa shape index (κ2) is 2.35. The molecule has 0 aliphatic carbocycles. The molecule has 0 aromatic rings. The standard InChI is InChI=1S/C6H11NO2/c1-2-3-5(8)7-4-6(7)9/h5,8H,2-4H2,1H3. The Kier molecular flexibility index (Phi) is 1.71. The van der Waals surface area contributed by atoms with Crippen molar-refractivity contribution in [2.75, 3.05) is 6.54 Å². The predicted octanol–water partition coefficient (Wildman–Crippen LogP) is -0.0529. The number of rotatable bonds is 3. The van der Waals surface area contributed by atoms with Gasteiger partial charge in [0.05, 0.1) is 0 Å². The zero-order valence-electron chi connectivity index (χ0n) is 5.50. The second-order valence-corrected chi connectivity index (χ2v) is 2.29. The number of aliphatic hydroxyl groups is 1. The van der Waals surface area contributed by atoms with E-state index >= 15 is 0 Å². The first-order valence-corrected chi connectivity index (χ1v) is 3.23. The van der Waals surface area contributed by atoms with E-state index in [0.717, 1.165) is 6.42 Å². The van der Waals surface area contributed by atoms with Crippen molar-refractivity contribution in [3.8, 4) is 0 Å². The Morgan fingerprint density at radius 2 is 2.44 bits per heavy atom. The Morgan fingerprint density at radius 3 is 2.78 bits per heavy atom. The fourth-order valence-corrected chi connectivity index (χ4v) is 0.796. The summed E-state index contributed by atoms with van der Waals surface area (Å²) < 4.78 is 0. The fourth-order valence-electron chi connectivity index (χ4n) is 0.796. The summed E-state index contributed by atoms with van der Waals surface area (Å²) in [6.45, 7) is 2.43. The van der Waals surface area contributed by atoms with Crippen molar-refractivity contribution in [3.63, 3.8) is 0 Å². The molecule has 1 heterocycles. The molecule has 1 aliphatic heterocycles. The third-order valence-electron chi connectivity index (χ3n) is 1.43. The van der Waals surface area contributed by atoms with E-state index in [1.165, 1.54) is 4.90 Å². The van der Waals surface area contributed by atoms with Crippen molar-refractivity contribution in [2.45, 2.75) is 26.0 Å². The molecule has 1 atom stereocenters. The van der Waals surface area contributed by atoms with Crippen LogP contribution in [0.2, 0.25) is 0 Å². The van der Waals surface area contributed by atoms with Gasteiger partial charge in [-0.3, -0.25) is 4.79 Å². The average Bonchev–Trinajstić information content (AvgIpc) is 2.47. The van der Waals surface area contributed by atoms with Crippen LogP contribution >= 0.6 is 0 Å². The number of hydrogen-bond acceptors (Lipinski definition) is 2. The summed E-state index contributed by atoms with van der Waals surface area (Å²) in [6.07, 6.45) is 1.11. The highest BCUT2D eigenvalue weighted by Crippen LogP contribution is 2.13. The molecule has 9 heavy (non-hydrogen) atoms. The van der Waals surface area contributed by atoms with Gasteiger partial charge >= 0.3 is 0 Å². The maximum absolute atomic E-state index is 10.4. The molecule has 0 aromatic heterocycles. The summed E-state index contributed by atoms with van der Waals surface area (Å²) in [5.74, 6) is 0.0657. The lowest BCUT2D eigenvalue weighted by atomic mass is 10.3. The molecule has 0 radical (unpaired) electrons. The smallest absolute Gasteiger partial charge is 0.244 e. The summed E-state index contributed by atoms with van der Waals surface area (Å²) in [6, 6.07) is 0. The van der Waals surface area contributed by atoms with E-state index in [-0.39, 0.29) is 5.91 Å².